The lowest BCUT2D eigenvalue weighted by Crippen LogP contribution is -2.45. The monoisotopic (exact) mass is 379 g/mol. The molecule has 3 aliphatic rings. The number of piperidine rings is 1. The van der Waals surface area contributed by atoms with Crippen LogP contribution in [0, 0.1) is 12.8 Å². The average molecular weight is 380 g/mol. The van der Waals surface area contributed by atoms with Gasteiger partial charge >= 0.3 is 0 Å². The van der Waals surface area contributed by atoms with Gasteiger partial charge in [0, 0.05) is 38.0 Å². The van der Waals surface area contributed by atoms with Crippen molar-refractivity contribution in [3.05, 3.63) is 64.6 Å². The molecule has 150 valence electrons. The first-order valence-electron chi connectivity index (χ1n) is 10.6. The summed E-state index contributed by atoms with van der Waals surface area (Å²) in [6.45, 7) is 14.5. The molecule has 0 saturated carbocycles. The van der Waals surface area contributed by atoms with Gasteiger partial charge in [0.2, 0.25) is 0 Å². The second kappa shape index (κ2) is 7.76. The summed E-state index contributed by atoms with van der Waals surface area (Å²) in [4.78, 5) is 4.90. The number of para-hydroxylation sites is 1. The first-order chi connectivity index (χ1) is 13.6. The zero-order valence-electron chi connectivity index (χ0n) is 17.5. The van der Waals surface area contributed by atoms with Crippen molar-refractivity contribution in [3.8, 4) is 0 Å². The highest BCUT2D eigenvalue weighted by atomic mass is 16.3. The molecule has 3 aliphatic heterocycles. The van der Waals surface area contributed by atoms with Gasteiger partial charge in [-0.3, -0.25) is 4.90 Å². The van der Waals surface area contributed by atoms with E-state index >= 15 is 0 Å². The summed E-state index contributed by atoms with van der Waals surface area (Å²) in [5.74, 6) is 1.63. The number of allylic oxidation sites excluding steroid dienone is 2. The Morgan fingerprint density at radius 3 is 2.64 bits per heavy atom. The Hall–Kier alpha value is -2.04. The molecule has 1 aromatic carbocycles. The van der Waals surface area contributed by atoms with E-state index in [1.54, 1.807) is 0 Å². The maximum atomic E-state index is 9.79. The number of likely N-dealkylation sites (tertiary alicyclic amines) is 1. The van der Waals surface area contributed by atoms with Gasteiger partial charge < -0.3 is 15.3 Å². The van der Waals surface area contributed by atoms with Gasteiger partial charge in [-0.1, -0.05) is 31.7 Å². The summed E-state index contributed by atoms with van der Waals surface area (Å²) in [6, 6.07) is 9.03. The number of hydrogen-bond donors (Lipinski definition) is 2. The third kappa shape index (κ3) is 3.29. The molecule has 1 aromatic rings. The van der Waals surface area contributed by atoms with E-state index in [-0.39, 0.29) is 6.61 Å². The van der Waals surface area contributed by atoms with Crippen LogP contribution in [0.15, 0.2) is 59.1 Å². The van der Waals surface area contributed by atoms with Crippen molar-refractivity contribution in [2.75, 3.05) is 31.1 Å². The van der Waals surface area contributed by atoms with E-state index in [1.807, 2.05) is 0 Å². The Kier molecular flexibility index (Phi) is 5.35. The summed E-state index contributed by atoms with van der Waals surface area (Å²) >= 11 is 0. The van der Waals surface area contributed by atoms with Crippen molar-refractivity contribution in [2.24, 2.45) is 5.92 Å². The Bertz CT molecular complexity index is 834. The summed E-state index contributed by atoms with van der Waals surface area (Å²) < 4.78 is 0. The normalized spacial score (nSPS) is 25.6. The predicted molar refractivity (Wildman–Crippen MR) is 116 cm³/mol. The number of rotatable bonds is 5. The van der Waals surface area contributed by atoms with Gasteiger partial charge in [0.15, 0.2) is 0 Å². The fourth-order valence-corrected chi connectivity index (χ4v) is 4.89. The highest BCUT2D eigenvalue weighted by molar-refractivity contribution is 5.71. The minimum Gasteiger partial charge on any atom is -0.396 e. The third-order valence-electron chi connectivity index (χ3n) is 6.46. The van der Waals surface area contributed by atoms with Gasteiger partial charge in [0.25, 0.3) is 0 Å². The molecule has 28 heavy (non-hydrogen) atoms. The molecular weight excluding hydrogens is 346 g/mol. The fraction of sp³-hybridized carbons (Fsp3) is 0.500. The summed E-state index contributed by atoms with van der Waals surface area (Å²) in [5.41, 5.74) is 7.73. The van der Waals surface area contributed by atoms with Crippen LogP contribution in [0.1, 0.15) is 38.7 Å². The lowest BCUT2D eigenvalue weighted by Gasteiger charge is -2.45. The van der Waals surface area contributed by atoms with Gasteiger partial charge in [-0.2, -0.15) is 0 Å². The average Bonchev–Trinajstić information content (AvgIpc) is 3.53. The van der Waals surface area contributed by atoms with Crippen LogP contribution in [0.5, 0.6) is 0 Å². The fourth-order valence-electron chi connectivity index (χ4n) is 4.89. The van der Waals surface area contributed by atoms with E-state index in [1.165, 1.54) is 33.8 Å². The lowest BCUT2D eigenvalue weighted by molar-refractivity contribution is 0.140. The molecule has 3 heterocycles. The largest absolute Gasteiger partial charge is 0.396 e. The zero-order chi connectivity index (χ0) is 19.8. The molecule has 0 bridgehead atoms. The maximum Gasteiger partial charge on any atom is 0.117 e. The molecular formula is C24H33N3O. The molecule has 2 unspecified atom stereocenters. The van der Waals surface area contributed by atoms with Crippen LogP contribution in [-0.2, 0) is 0 Å². The molecule has 2 saturated heterocycles. The number of aliphatic hydroxyl groups is 1. The number of hydrogen-bond acceptors (Lipinski definition) is 4. The SMILES string of the molecule is C=C1C(C2CN2)=C(C)C(CC)=C(N2CCCC(CO)C2)N1c1ccccc1C. The van der Waals surface area contributed by atoms with Crippen molar-refractivity contribution in [1.29, 1.82) is 0 Å². The molecule has 4 rings (SSSR count). The van der Waals surface area contributed by atoms with Crippen molar-refractivity contribution in [3.63, 3.8) is 0 Å². The van der Waals surface area contributed by atoms with E-state index in [0.29, 0.717) is 12.0 Å². The lowest BCUT2D eigenvalue weighted by atomic mass is 9.89. The van der Waals surface area contributed by atoms with Gasteiger partial charge in [-0.25, -0.2) is 0 Å². The topological polar surface area (TPSA) is 48.6 Å². The smallest absolute Gasteiger partial charge is 0.117 e. The van der Waals surface area contributed by atoms with Crippen LogP contribution >= 0.6 is 0 Å². The maximum absolute atomic E-state index is 9.79. The van der Waals surface area contributed by atoms with Crippen molar-refractivity contribution < 1.29 is 5.11 Å². The van der Waals surface area contributed by atoms with Gasteiger partial charge in [0.1, 0.15) is 5.82 Å². The summed E-state index contributed by atoms with van der Waals surface area (Å²) in [7, 11) is 0. The zero-order valence-corrected chi connectivity index (χ0v) is 17.5. The molecule has 0 aliphatic carbocycles. The van der Waals surface area contributed by atoms with E-state index in [9.17, 15) is 5.11 Å². The Labute approximate surface area is 169 Å². The minimum absolute atomic E-state index is 0.266. The van der Waals surface area contributed by atoms with Crippen molar-refractivity contribution >= 4 is 5.69 Å². The van der Waals surface area contributed by atoms with Crippen LogP contribution in [0.3, 0.4) is 0 Å². The van der Waals surface area contributed by atoms with E-state index in [2.05, 4.69) is 66.7 Å². The number of benzene rings is 1. The second-order valence-electron chi connectivity index (χ2n) is 8.36. The molecule has 2 fully saturated rings. The number of nitrogens with zero attached hydrogens (tertiary/aromatic N) is 2. The molecule has 4 nitrogen and oxygen atoms in total. The third-order valence-corrected chi connectivity index (χ3v) is 6.46. The van der Waals surface area contributed by atoms with Gasteiger partial charge in [0.05, 0.1) is 5.69 Å². The number of nitrogens with one attached hydrogen (secondary N) is 1. The number of aliphatic hydroxyl groups excluding tert-OH is 1. The highest BCUT2D eigenvalue weighted by Gasteiger charge is 2.39. The van der Waals surface area contributed by atoms with Crippen molar-refractivity contribution in [1.82, 2.24) is 10.2 Å². The number of aryl methyl sites for hydroxylation is 1. The first kappa shape index (κ1) is 19.3. The molecule has 0 aromatic heterocycles. The van der Waals surface area contributed by atoms with Crippen LogP contribution < -0.4 is 10.2 Å². The van der Waals surface area contributed by atoms with Gasteiger partial charge in [-0.15, -0.1) is 0 Å². The Balaban J connectivity index is 1.88. The van der Waals surface area contributed by atoms with Gasteiger partial charge in [-0.05, 0) is 67.4 Å². The summed E-state index contributed by atoms with van der Waals surface area (Å²) in [5, 5.41) is 13.3. The molecule has 4 heteroatoms. The van der Waals surface area contributed by atoms with E-state index < -0.39 is 0 Å². The van der Waals surface area contributed by atoms with E-state index in [4.69, 9.17) is 0 Å². The van der Waals surface area contributed by atoms with Crippen LogP contribution in [0.2, 0.25) is 0 Å². The molecule has 2 atom stereocenters. The van der Waals surface area contributed by atoms with Crippen LogP contribution in [0.25, 0.3) is 0 Å². The standard InChI is InChI=1S/C24H33N3O/c1-5-20-17(3)23(21-13-25-21)18(4)27(22-11-7-6-9-16(22)2)24(20)26-12-8-10-19(14-26)15-28/h6-7,9,11,19,21,25,28H,4-5,8,10,12-15H2,1-3H3. The van der Waals surface area contributed by atoms with Crippen LogP contribution in [-0.4, -0.2) is 42.3 Å². The van der Waals surface area contributed by atoms with E-state index in [0.717, 1.165) is 44.6 Å². The molecule has 0 spiro atoms. The minimum atomic E-state index is 0.266. The summed E-state index contributed by atoms with van der Waals surface area (Å²) in [6.07, 6.45) is 3.23. The van der Waals surface area contributed by atoms with Crippen molar-refractivity contribution in [2.45, 2.75) is 46.1 Å². The highest BCUT2D eigenvalue weighted by Crippen LogP contribution is 2.44. The molecule has 0 radical (unpaired) electrons. The van der Waals surface area contributed by atoms with Crippen LogP contribution in [0.4, 0.5) is 5.69 Å². The second-order valence-corrected chi connectivity index (χ2v) is 8.36. The molecule has 0 amide bonds. The predicted octanol–water partition coefficient (Wildman–Crippen LogP) is 3.94. The number of anilines is 1. The first-order valence-corrected chi connectivity index (χ1v) is 10.6. The molecule has 2 N–H and O–H groups in total. The Morgan fingerprint density at radius 2 is 2.00 bits per heavy atom. The Morgan fingerprint density at radius 1 is 1.25 bits per heavy atom. The quantitative estimate of drug-likeness (QED) is 0.761.